The number of hydrogen-bond acceptors (Lipinski definition) is 3. The number of carbonyl (C=O) groups is 1. The number of rotatable bonds is 6. The topological polar surface area (TPSA) is 60.8 Å². The van der Waals surface area contributed by atoms with E-state index in [1.165, 1.54) is 0 Å². The summed E-state index contributed by atoms with van der Waals surface area (Å²) in [6.45, 7) is 4.15. The van der Waals surface area contributed by atoms with Crippen molar-refractivity contribution in [3.63, 3.8) is 0 Å². The van der Waals surface area contributed by atoms with E-state index in [0.29, 0.717) is 6.54 Å². The number of aromatic hydroxyl groups is 1. The fourth-order valence-corrected chi connectivity index (χ4v) is 2.58. The third-order valence-corrected chi connectivity index (χ3v) is 3.74. The standard InChI is InChI=1S/C14H20BrNO3/c1-4-12(16(3)8-9(2)14(18)19)11-7-10(15)5-6-13(11)17/h5-7,9,12,17H,4,8H2,1-3H3,(H,18,19). The van der Waals surface area contributed by atoms with Crippen LogP contribution in [0.25, 0.3) is 0 Å². The predicted molar refractivity (Wildman–Crippen MR) is 78.3 cm³/mol. The van der Waals surface area contributed by atoms with Crippen molar-refractivity contribution in [1.82, 2.24) is 4.90 Å². The molecule has 5 heteroatoms. The molecule has 0 aromatic heterocycles. The van der Waals surface area contributed by atoms with Gasteiger partial charge in [0.05, 0.1) is 5.92 Å². The number of hydrogen-bond donors (Lipinski definition) is 2. The Labute approximate surface area is 122 Å². The van der Waals surface area contributed by atoms with E-state index in [2.05, 4.69) is 15.9 Å². The second kappa shape index (κ2) is 6.91. The summed E-state index contributed by atoms with van der Waals surface area (Å²) in [6, 6.07) is 5.31. The molecule has 0 radical (unpaired) electrons. The van der Waals surface area contributed by atoms with Gasteiger partial charge in [0.1, 0.15) is 5.75 Å². The van der Waals surface area contributed by atoms with Crippen LogP contribution in [0.2, 0.25) is 0 Å². The minimum atomic E-state index is -0.805. The van der Waals surface area contributed by atoms with E-state index in [9.17, 15) is 9.90 Å². The van der Waals surface area contributed by atoms with Gasteiger partial charge in [-0.3, -0.25) is 9.69 Å². The summed E-state index contributed by atoms with van der Waals surface area (Å²) in [6.07, 6.45) is 0.798. The van der Waals surface area contributed by atoms with Crippen molar-refractivity contribution in [3.05, 3.63) is 28.2 Å². The molecule has 0 saturated heterocycles. The quantitative estimate of drug-likeness (QED) is 0.840. The lowest BCUT2D eigenvalue weighted by molar-refractivity contribution is -0.141. The van der Waals surface area contributed by atoms with E-state index in [1.807, 2.05) is 24.9 Å². The summed E-state index contributed by atoms with van der Waals surface area (Å²) >= 11 is 3.39. The Bertz CT molecular complexity index is 450. The Morgan fingerprint density at radius 2 is 2.11 bits per heavy atom. The number of carboxylic acids is 1. The molecule has 106 valence electrons. The summed E-state index contributed by atoms with van der Waals surface area (Å²) in [5.41, 5.74) is 0.817. The first-order valence-corrected chi connectivity index (χ1v) is 7.07. The van der Waals surface area contributed by atoms with E-state index in [0.717, 1.165) is 16.5 Å². The zero-order valence-electron chi connectivity index (χ0n) is 11.4. The van der Waals surface area contributed by atoms with Gasteiger partial charge >= 0.3 is 5.97 Å². The highest BCUT2D eigenvalue weighted by Gasteiger charge is 2.22. The minimum Gasteiger partial charge on any atom is -0.508 e. The molecule has 0 fully saturated rings. The van der Waals surface area contributed by atoms with E-state index < -0.39 is 11.9 Å². The van der Waals surface area contributed by atoms with Crippen molar-refractivity contribution in [3.8, 4) is 5.75 Å². The van der Waals surface area contributed by atoms with Gasteiger partial charge in [-0.1, -0.05) is 29.8 Å². The maximum atomic E-state index is 10.9. The molecule has 0 spiro atoms. The first-order chi connectivity index (χ1) is 8.86. The maximum absolute atomic E-state index is 10.9. The van der Waals surface area contributed by atoms with Crippen molar-refractivity contribution in [2.75, 3.05) is 13.6 Å². The monoisotopic (exact) mass is 329 g/mol. The highest BCUT2D eigenvalue weighted by atomic mass is 79.9. The van der Waals surface area contributed by atoms with Crippen LogP contribution in [0.3, 0.4) is 0 Å². The fourth-order valence-electron chi connectivity index (χ4n) is 2.20. The van der Waals surface area contributed by atoms with Crippen molar-refractivity contribution < 1.29 is 15.0 Å². The molecule has 0 aliphatic carbocycles. The number of halogens is 1. The average molecular weight is 330 g/mol. The van der Waals surface area contributed by atoms with E-state index in [-0.39, 0.29) is 11.8 Å². The number of nitrogens with zero attached hydrogens (tertiary/aromatic N) is 1. The van der Waals surface area contributed by atoms with Crippen molar-refractivity contribution in [2.24, 2.45) is 5.92 Å². The Hall–Kier alpha value is -1.07. The van der Waals surface area contributed by atoms with Gasteiger partial charge < -0.3 is 10.2 Å². The molecule has 0 heterocycles. The highest BCUT2D eigenvalue weighted by Crippen LogP contribution is 2.32. The molecule has 1 rings (SSSR count). The lowest BCUT2D eigenvalue weighted by Crippen LogP contribution is -2.31. The summed E-state index contributed by atoms with van der Waals surface area (Å²) in [5, 5.41) is 18.9. The van der Waals surface area contributed by atoms with Crippen LogP contribution in [0.4, 0.5) is 0 Å². The zero-order valence-corrected chi connectivity index (χ0v) is 13.0. The largest absolute Gasteiger partial charge is 0.508 e. The molecule has 0 amide bonds. The second-order valence-electron chi connectivity index (χ2n) is 4.81. The van der Waals surface area contributed by atoms with Crippen LogP contribution in [0.5, 0.6) is 5.75 Å². The lowest BCUT2D eigenvalue weighted by atomic mass is 10.0. The van der Waals surface area contributed by atoms with Gasteiger partial charge in [0.15, 0.2) is 0 Å². The van der Waals surface area contributed by atoms with Crippen LogP contribution in [0.1, 0.15) is 31.9 Å². The molecular weight excluding hydrogens is 310 g/mol. The molecule has 0 bridgehead atoms. The van der Waals surface area contributed by atoms with Gasteiger partial charge in [0.25, 0.3) is 0 Å². The van der Waals surface area contributed by atoms with Crippen LogP contribution in [0.15, 0.2) is 22.7 Å². The molecule has 1 aromatic rings. The number of phenolic OH excluding ortho intramolecular Hbond substituents is 1. The van der Waals surface area contributed by atoms with Crippen molar-refractivity contribution >= 4 is 21.9 Å². The second-order valence-corrected chi connectivity index (χ2v) is 5.72. The Kier molecular flexibility index (Phi) is 5.82. The molecule has 2 atom stereocenters. The first-order valence-electron chi connectivity index (χ1n) is 6.28. The van der Waals surface area contributed by atoms with Crippen molar-refractivity contribution in [1.29, 1.82) is 0 Å². The number of aliphatic carboxylic acids is 1. The average Bonchev–Trinajstić information content (AvgIpc) is 2.34. The summed E-state index contributed by atoms with van der Waals surface area (Å²) in [5.74, 6) is -1.00. The van der Waals surface area contributed by atoms with Gasteiger partial charge in [-0.15, -0.1) is 0 Å². The number of benzene rings is 1. The van der Waals surface area contributed by atoms with Gasteiger partial charge in [0, 0.05) is 22.6 Å². The molecule has 1 aromatic carbocycles. The Balaban J connectivity index is 2.93. The summed E-state index contributed by atoms with van der Waals surface area (Å²) in [4.78, 5) is 12.9. The third kappa shape index (κ3) is 4.21. The predicted octanol–water partition coefficient (Wildman–Crippen LogP) is 3.26. The molecule has 2 N–H and O–H groups in total. The molecular formula is C14H20BrNO3. The zero-order chi connectivity index (χ0) is 14.6. The van der Waals surface area contributed by atoms with Gasteiger partial charge in [-0.2, -0.15) is 0 Å². The summed E-state index contributed by atoms with van der Waals surface area (Å²) < 4.78 is 0.901. The lowest BCUT2D eigenvalue weighted by Gasteiger charge is -2.29. The highest BCUT2D eigenvalue weighted by molar-refractivity contribution is 9.10. The van der Waals surface area contributed by atoms with E-state index >= 15 is 0 Å². The van der Waals surface area contributed by atoms with Crippen molar-refractivity contribution in [2.45, 2.75) is 26.3 Å². The molecule has 4 nitrogen and oxygen atoms in total. The number of carboxylic acid groups (broad SMARTS) is 1. The number of phenols is 1. The van der Waals surface area contributed by atoms with Crippen LogP contribution < -0.4 is 0 Å². The van der Waals surface area contributed by atoms with Crippen LogP contribution in [0, 0.1) is 5.92 Å². The fraction of sp³-hybridized carbons (Fsp3) is 0.500. The van der Waals surface area contributed by atoms with Gasteiger partial charge in [-0.25, -0.2) is 0 Å². The Morgan fingerprint density at radius 1 is 1.47 bits per heavy atom. The summed E-state index contributed by atoms with van der Waals surface area (Å²) in [7, 11) is 1.88. The maximum Gasteiger partial charge on any atom is 0.307 e. The van der Waals surface area contributed by atoms with E-state index in [4.69, 9.17) is 5.11 Å². The van der Waals surface area contributed by atoms with Gasteiger partial charge in [-0.05, 0) is 31.7 Å². The van der Waals surface area contributed by atoms with Gasteiger partial charge in [0.2, 0.25) is 0 Å². The molecule has 0 saturated carbocycles. The van der Waals surface area contributed by atoms with Crippen LogP contribution >= 0.6 is 15.9 Å². The molecule has 0 aliphatic heterocycles. The van der Waals surface area contributed by atoms with Crippen LogP contribution in [-0.2, 0) is 4.79 Å². The normalized spacial score (nSPS) is 14.4. The smallest absolute Gasteiger partial charge is 0.307 e. The minimum absolute atomic E-state index is 0.000648. The third-order valence-electron chi connectivity index (χ3n) is 3.25. The molecule has 19 heavy (non-hydrogen) atoms. The van der Waals surface area contributed by atoms with Crippen LogP contribution in [-0.4, -0.2) is 34.7 Å². The molecule has 0 aliphatic rings. The first kappa shape index (κ1) is 16.0. The van der Waals surface area contributed by atoms with E-state index in [1.54, 1.807) is 19.1 Å². The Morgan fingerprint density at radius 3 is 2.63 bits per heavy atom. The molecule has 2 unspecified atom stereocenters. The SMILES string of the molecule is CCC(c1cc(Br)ccc1O)N(C)CC(C)C(=O)O.